The molecule has 0 spiro atoms. The maximum absolute atomic E-state index is 10.7. The van der Waals surface area contributed by atoms with Crippen molar-refractivity contribution in [2.75, 3.05) is 13.2 Å². The third-order valence-electron chi connectivity index (χ3n) is 1.26. The fraction of sp³-hybridized carbons (Fsp3) is 0.500. The Bertz CT molecular complexity index is 222. The smallest absolute Gasteiger partial charge is 0.407 e. The van der Waals surface area contributed by atoms with Crippen molar-refractivity contribution in [1.29, 1.82) is 0 Å². The van der Waals surface area contributed by atoms with Gasteiger partial charge in [-0.3, -0.25) is 0 Å². The summed E-state index contributed by atoms with van der Waals surface area (Å²) in [4.78, 5) is 21.0. The quantitative estimate of drug-likeness (QED) is 0.637. The van der Waals surface area contributed by atoms with Crippen LogP contribution in [0.25, 0.3) is 0 Å². The number of hydrogen-bond acceptors (Lipinski definition) is 3. The summed E-state index contributed by atoms with van der Waals surface area (Å²) >= 11 is 0. The average molecular weight is 187 g/mol. The molecule has 0 radical (unpaired) electrons. The van der Waals surface area contributed by atoms with Crippen LogP contribution >= 0.6 is 0 Å². The van der Waals surface area contributed by atoms with Gasteiger partial charge >= 0.3 is 12.1 Å². The molecule has 0 atom stereocenters. The average Bonchev–Trinajstić information content (AvgIpc) is 2.04. The molecule has 0 bridgehead atoms. The van der Waals surface area contributed by atoms with Gasteiger partial charge in [0.2, 0.25) is 0 Å². The van der Waals surface area contributed by atoms with E-state index in [1.54, 1.807) is 6.92 Å². The summed E-state index contributed by atoms with van der Waals surface area (Å²) in [7, 11) is 0. The Morgan fingerprint density at radius 2 is 2.15 bits per heavy atom. The largest absolute Gasteiger partial charge is 0.478 e. The van der Waals surface area contributed by atoms with Gasteiger partial charge in [-0.05, 0) is 19.9 Å². The second kappa shape index (κ2) is 6.05. The first-order valence-corrected chi connectivity index (χ1v) is 3.88. The maximum Gasteiger partial charge on any atom is 0.407 e. The Morgan fingerprint density at radius 3 is 2.62 bits per heavy atom. The van der Waals surface area contributed by atoms with Gasteiger partial charge in [0.1, 0.15) is 6.61 Å². The van der Waals surface area contributed by atoms with Gasteiger partial charge in [-0.2, -0.15) is 0 Å². The van der Waals surface area contributed by atoms with Gasteiger partial charge in [-0.15, -0.1) is 0 Å². The van der Waals surface area contributed by atoms with Crippen LogP contribution in [0.3, 0.4) is 0 Å². The number of carbonyl (C=O) groups is 2. The van der Waals surface area contributed by atoms with Crippen LogP contribution in [0.5, 0.6) is 0 Å². The first kappa shape index (κ1) is 11.5. The molecule has 0 aromatic heterocycles. The van der Waals surface area contributed by atoms with E-state index in [1.807, 2.05) is 0 Å². The van der Waals surface area contributed by atoms with Crippen LogP contribution < -0.4 is 5.32 Å². The highest BCUT2D eigenvalue weighted by Gasteiger charge is 2.00. The summed E-state index contributed by atoms with van der Waals surface area (Å²) in [6.07, 6.45) is 0.786. The van der Waals surface area contributed by atoms with Crippen LogP contribution in [0.2, 0.25) is 0 Å². The van der Waals surface area contributed by atoms with E-state index in [4.69, 9.17) is 5.11 Å². The highest BCUT2D eigenvalue weighted by Crippen LogP contribution is 1.91. The number of hydrogen-bond donors (Lipinski definition) is 2. The van der Waals surface area contributed by atoms with E-state index in [9.17, 15) is 9.59 Å². The van der Waals surface area contributed by atoms with Crippen molar-refractivity contribution in [2.45, 2.75) is 13.8 Å². The molecular weight excluding hydrogens is 174 g/mol. The van der Waals surface area contributed by atoms with Crippen molar-refractivity contribution in [3.63, 3.8) is 0 Å². The minimum absolute atomic E-state index is 0.0238. The molecule has 0 aliphatic carbocycles. The molecule has 5 nitrogen and oxygen atoms in total. The topological polar surface area (TPSA) is 75.6 Å². The molecule has 0 saturated carbocycles. The van der Waals surface area contributed by atoms with Crippen molar-refractivity contribution < 1.29 is 19.4 Å². The molecule has 13 heavy (non-hydrogen) atoms. The van der Waals surface area contributed by atoms with Crippen LogP contribution in [0.4, 0.5) is 4.79 Å². The number of carboxylic acids is 1. The van der Waals surface area contributed by atoms with E-state index in [-0.39, 0.29) is 12.2 Å². The number of carboxylic acid groups (broad SMARTS) is 1. The standard InChI is InChI=1S/C8H13NO4/c1-3-9-8(12)13-5-4-6(2)7(10)11/h4H,3,5H2,1-2H3,(H,9,12)(H,10,11)/b6-4+. The van der Waals surface area contributed by atoms with Gasteiger partial charge in [-0.1, -0.05) is 0 Å². The van der Waals surface area contributed by atoms with Crippen LogP contribution in [0.1, 0.15) is 13.8 Å². The summed E-state index contributed by atoms with van der Waals surface area (Å²) in [5.41, 5.74) is 0.157. The molecule has 0 aromatic carbocycles. The Hall–Kier alpha value is -1.52. The van der Waals surface area contributed by atoms with Gasteiger partial charge in [0.15, 0.2) is 0 Å². The first-order valence-electron chi connectivity index (χ1n) is 3.88. The van der Waals surface area contributed by atoms with E-state index in [2.05, 4.69) is 10.1 Å². The third kappa shape index (κ3) is 5.72. The lowest BCUT2D eigenvalue weighted by atomic mass is 10.3. The predicted molar refractivity (Wildman–Crippen MR) is 46.4 cm³/mol. The molecule has 5 heteroatoms. The number of ether oxygens (including phenoxy) is 1. The van der Waals surface area contributed by atoms with Crippen molar-refractivity contribution in [3.05, 3.63) is 11.6 Å². The molecule has 0 aliphatic heterocycles. The Kier molecular flexibility index (Phi) is 5.34. The number of rotatable bonds is 4. The molecular formula is C8H13NO4. The molecule has 0 aromatic rings. The lowest BCUT2D eigenvalue weighted by Crippen LogP contribution is -2.23. The van der Waals surface area contributed by atoms with Crippen molar-refractivity contribution in [3.8, 4) is 0 Å². The van der Waals surface area contributed by atoms with Crippen molar-refractivity contribution in [1.82, 2.24) is 5.32 Å². The second-order valence-corrected chi connectivity index (χ2v) is 2.32. The monoisotopic (exact) mass is 187 g/mol. The Balaban J connectivity index is 3.72. The highest BCUT2D eigenvalue weighted by molar-refractivity contribution is 5.85. The number of aliphatic carboxylic acids is 1. The molecule has 1 amide bonds. The molecule has 0 heterocycles. The zero-order valence-corrected chi connectivity index (χ0v) is 7.66. The van der Waals surface area contributed by atoms with Gasteiger partial charge < -0.3 is 15.2 Å². The second-order valence-electron chi connectivity index (χ2n) is 2.32. The summed E-state index contributed by atoms with van der Waals surface area (Å²) < 4.78 is 4.61. The summed E-state index contributed by atoms with van der Waals surface area (Å²) in [6.45, 7) is 3.66. The van der Waals surface area contributed by atoms with Gasteiger partial charge in [0.05, 0.1) is 0 Å². The summed E-state index contributed by atoms with van der Waals surface area (Å²) in [5, 5.41) is 10.8. The zero-order chi connectivity index (χ0) is 10.3. The van der Waals surface area contributed by atoms with Gasteiger partial charge in [0.25, 0.3) is 0 Å². The van der Waals surface area contributed by atoms with E-state index < -0.39 is 12.1 Å². The van der Waals surface area contributed by atoms with Crippen LogP contribution in [0, 0.1) is 0 Å². The van der Waals surface area contributed by atoms with E-state index >= 15 is 0 Å². The zero-order valence-electron chi connectivity index (χ0n) is 7.66. The Morgan fingerprint density at radius 1 is 1.54 bits per heavy atom. The van der Waals surface area contributed by atoms with Crippen LogP contribution in [-0.4, -0.2) is 30.3 Å². The fourth-order valence-corrected chi connectivity index (χ4v) is 0.525. The minimum atomic E-state index is -1.01. The van der Waals surface area contributed by atoms with E-state index in [0.29, 0.717) is 6.54 Å². The lowest BCUT2D eigenvalue weighted by molar-refractivity contribution is -0.132. The molecule has 0 aliphatic rings. The highest BCUT2D eigenvalue weighted by atomic mass is 16.5. The van der Waals surface area contributed by atoms with Gasteiger partial charge in [0, 0.05) is 12.1 Å². The molecule has 74 valence electrons. The van der Waals surface area contributed by atoms with Crippen molar-refractivity contribution in [2.24, 2.45) is 0 Å². The normalized spacial score (nSPS) is 10.8. The Labute approximate surface area is 76.4 Å². The maximum atomic E-state index is 10.7. The van der Waals surface area contributed by atoms with E-state index in [1.165, 1.54) is 13.0 Å². The van der Waals surface area contributed by atoms with Gasteiger partial charge in [-0.25, -0.2) is 9.59 Å². The molecule has 0 unspecified atom stereocenters. The summed E-state index contributed by atoms with van der Waals surface area (Å²) in [6, 6.07) is 0. The molecule has 0 saturated heterocycles. The number of amides is 1. The molecule has 0 rings (SSSR count). The number of carbonyl (C=O) groups excluding carboxylic acids is 1. The van der Waals surface area contributed by atoms with Crippen LogP contribution in [-0.2, 0) is 9.53 Å². The van der Waals surface area contributed by atoms with E-state index in [0.717, 1.165) is 0 Å². The SMILES string of the molecule is CCNC(=O)OC/C=C(\C)C(=O)O. The molecule has 0 fully saturated rings. The number of nitrogens with one attached hydrogen (secondary N) is 1. The predicted octanol–water partition coefficient (Wildman–Crippen LogP) is 0.763. The van der Waals surface area contributed by atoms with Crippen molar-refractivity contribution >= 4 is 12.1 Å². The molecule has 2 N–H and O–H groups in total. The fourth-order valence-electron chi connectivity index (χ4n) is 0.525. The first-order chi connectivity index (χ1) is 6.07. The number of alkyl carbamates (subject to hydrolysis) is 1. The van der Waals surface area contributed by atoms with Crippen LogP contribution in [0.15, 0.2) is 11.6 Å². The minimum Gasteiger partial charge on any atom is -0.478 e. The summed E-state index contributed by atoms with van der Waals surface area (Å²) in [5.74, 6) is -1.01. The third-order valence-corrected chi connectivity index (χ3v) is 1.26. The lowest BCUT2D eigenvalue weighted by Gasteiger charge is -2.01.